The highest BCUT2D eigenvalue weighted by molar-refractivity contribution is 5.89. The van der Waals surface area contributed by atoms with Gasteiger partial charge in [-0.1, -0.05) is 26.8 Å². The van der Waals surface area contributed by atoms with Gasteiger partial charge in [0.15, 0.2) is 12.1 Å². The van der Waals surface area contributed by atoms with Crippen LogP contribution in [0.25, 0.3) is 0 Å². The van der Waals surface area contributed by atoms with E-state index < -0.39 is 12.1 Å². The third-order valence-corrected chi connectivity index (χ3v) is 8.04. The first-order valence-electron chi connectivity index (χ1n) is 11.3. The van der Waals surface area contributed by atoms with Gasteiger partial charge in [-0.3, -0.25) is 9.59 Å². The predicted octanol–water partition coefficient (Wildman–Crippen LogP) is 4.62. The normalized spacial score (nSPS) is 45.0. The smallest absolute Gasteiger partial charge is 0.305 e. The van der Waals surface area contributed by atoms with Crippen LogP contribution in [-0.4, -0.2) is 28.9 Å². The number of aliphatic hydroxyl groups is 1. The van der Waals surface area contributed by atoms with Crippen molar-refractivity contribution in [3.8, 4) is 0 Å². The second kappa shape index (κ2) is 8.50. The first-order chi connectivity index (χ1) is 13.6. The molecule has 0 spiro atoms. The van der Waals surface area contributed by atoms with E-state index in [1.54, 1.807) is 13.0 Å². The minimum atomic E-state index is -1.06. The van der Waals surface area contributed by atoms with Gasteiger partial charge in [0.1, 0.15) is 0 Å². The maximum Gasteiger partial charge on any atom is 0.305 e. The Hall–Kier alpha value is -1.20. The van der Waals surface area contributed by atoms with Crippen LogP contribution in [0.2, 0.25) is 0 Å². The summed E-state index contributed by atoms with van der Waals surface area (Å²) in [5.74, 6) is 1.07. The number of carbonyl (C=O) groups excluding carboxylic acids is 2. The van der Waals surface area contributed by atoms with Crippen molar-refractivity contribution in [1.82, 2.24) is 0 Å². The van der Waals surface area contributed by atoms with Crippen molar-refractivity contribution in [1.29, 1.82) is 0 Å². The van der Waals surface area contributed by atoms with E-state index in [-0.39, 0.29) is 17.2 Å². The van der Waals surface area contributed by atoms with E-state index in [0.29, 0.717) is 42.4 Å². The minimum absolute atomic E-state index is 0.239. The summed E-state index contributed by atoms with van der Waals surface area (Å²) in [5.41, 5.74) is -0.320. The highest BCUT2D eigenvalue weighted by Gasteiger charge is 2.65. The first-order valence-corrected chi connectivity index (χ1v) is 11.3. The number of ketones is 1. The topological polar surface area (TPSA) is 72.8 Å². The van der Waals surface area contributed by atoms with Crippen LogP contribution in [-0.2, 0) is 19.1 Å². The van der Waals surface area contributed by atoms with E-state index in [1.165, 1.54) is 6.92 Å². The number of ether oxygens (including phenoxy) is 2. The fourth-order valence-electron chi connectivity index (χ4n) is 6.66. The van der Waals surface area contributed by atoms with Gasteiger partial charge >= 0.3 is 5.97 Å². The lowest BCUT2D eigenvalue weighted by Crippen LogP contribution is -2.55. The number of esters is 1. The van der Waals surface area contributed by atoms with Gasteiger partial charge in [0, 0.05) is 25.2 Å². The van der Waals surface area contributed by atoms with Crippen LogP contribution < -0.4 is 0 Å². The second-order valence-corrected chi connectivity index (χ2v) is 10.0. The Morgan fingerprint density at radius 2 is 1.93 bits per heavy atom. The molecule has 5 heteroatoms. The molecular weight excluding hydrogens is 368 g/mol. The average Bonchev–Trinajstić information content (AvgIpc) is 2.89. The molecule has 29 heavy (non-hydrogen) atoms. The van der Waals surface area contributed by atoms with Crippen molar-refractivity contribution < 1.29 is 24.2 Å². The van der Waals surface area contributed by atoms with E-state index in [0.717, 1.165) is 32.1 Å². The molecule has 8 atom stereocenters. The molecule has 164 valence electrons. The van der Waals surface area contributed by atoms with Gasteiger partial charge in [-0.2, -0.15) is 0 Å². The number of hydrogen-bond acceptors (Lipinski definition) is 5. The number of carbonyl (C=O) groups is 2. The van der Waals surface area contributed by atoms with E-state index in [4.69, 9.17) is 9.47 Å². The van der Waals surface area contributed by atoms with E-state index >= 15 is 0 Å². The molecule has 3 aliphatic carbocycles. The van der Waals surface area contributed by atoms with Crippen LogP contribution >= 0.6 is 0 Å². The van der Waals surface area contributed by atoms with Crippen LogP contribution in [0.15, 0.2) is 12.2 Å². The molecule has 2 fully saturated rings. The molecular formula is C24H38O5. The number of aliphatic hydroxyl groups excluding tert-OH is 1. The van der Waals surface area contributed by atoms with Crippen LogP contribution in [0, 0.1) is 35.0 Å². The predicted molar refractivity (Wildman–Crippen MR) is 111 cm³/mol. The van der Waals surface area contributed by atoms with Gasteiger partial charge in [0.25, 0.3) is 0 Å². The molecule has 0 heterocycles. The third-order valence-electron chi connectivity index (χ3n) is 8.04. The Bertz CT molecular complexity index is 656. The molecule has 0 bridgehead atoms. The van der Waals surface area contributed by atoms with Crippen molar-refractivity contribution in [3.05, 3.63) is 12.2 Å². The Labute approximate surface area is 175 Å². The highest BCUT2D eigenvalue weighted by atomic mass is 16.8. The quantitative estimate of drug-likeness (QED) is 0.547. The van der Waals surface area contributed by atoms with E-state index in [1.807, 2.05) is 0 Å². The Balaban J connectivity index is 1.96. The molecule has 3 rings (SSSR count). The molecule has 0 aliphatic heterocycles. The lowest BCUT2D eigenvalue weighted by atomic mass is 9.55. The molecule has 0 radical (unpaired) electrons. The van der Waals surface area contributed by atoms with Crippen molar-refractivity contribution >= 4 is 11.8 Å². The summed E-state index contributed by atoms with van der Waals surface area (Å²) in [6, 6.07) is 0. The zero-order valence-electron chi connectivity index (χ0n) is 18.6. The van der Waals surface area contributed by atoms with Crippen molar-refractivity contribution in [3.63, 3.8) is 0 Å². The molecule has 1 unspecified atom stereocenters. The third kappa shape index (κ3) is 4.32. The maximum atomic E-state index is 12.1. The van der Waals surface area contributed by atoms with E-state index in [2.05, 4.69) is 26.8 Å². The SMILES string of the molecule is CC(=O)O[C@@]1(OC(C)O)CC[C@H]2[C@@H]3C[C@H](C)/C=C/C(=O)CC[C@H](C)[C@H]3CC[C@@]21C. The van der Waals surface area contributed by atoms with Crippen LogP contribution in [0.3, 0.4) is 0 Å². The van der Waals surface area contributed by atoms with Crippen molar-refractivity contribution in [2.75, 3.05) is 0 Å². The van der Waals surface area contributed by atoms with Gasteiger partial charge in [0.2, 0.25) is 5.79 Å². The van der Waals surface area contributed by atoms with Crippen LogP contribution in [0.4, 0.5) is 0 Å². The van der Waals surface area contributed by atoms with Gasteiger partial charge < -0.3 is 14.6 Å². The highest BCUT2D eigenvalue weighted by Crippen LogP contribution is 2.64. The number of rotatable bonds is 3. The van der Waals surface area contributed by atoms with Gasteiger partial charge in [-0.25, -0.2) is 0 Å². The van der Waals surface area contributed by atoms with Crippen molar-refractivity contribution in [2.45, 2.75) is 91.6 Å². The minimum Gasteiger partial charge on any atom is -0.433 e. The van der Waals surface area contributed by atoms with Gasteiger partial charge in [-0.15, -0.1) is 0 Å². The van der Waals surface area contributed by atoms with Crippen molar-refractivity contribution in [2.24, 2.45) is 35.0 Å². The van der Waals surface area contributed by atoms with Gasteiger partial charge in [0.05, 0.1) is 0 Å². The summed E-state index contributed by atoms with van der Waals surface area (Å²) >= 11 is 0. The summed E-state index contributed by atoms with van der Waals surface area (Å²) in [5, 5.41) is 10.0. The molecule has 5 nitrogen and oxygen atoms in total. The van der Waals surface area contributed by atoms with Crippen LogP contribution in [0.1, 0.15) is 79.6 Å². The molecule has 3 aliphatic rings. The second-order valence-electron chi connectivity index (χ2n) is 10.0. The summed E-state index contributed by atoms with van der Waals surface area (Å²) in [6.07, 6.45) is 8.94. The van der Waals surface area contributed by atoms with Crippen LogP contribution in [0.5, 0.6) is 0 Å². The number of fused-ring (bicyclic) bond motifs is 3. The summed E-state index contributed by atoms with van der Waals surface area (Å²) in [4.78, 5) is 24.1. The molecule has 0 saturated heterocycles. The Kier molecular flexibility index (Phi) is 6.59. The summed E-state index contributed by atoms with van der Waals surface area (Å²) in [7, 11) is 0. The maximum absolute atomic E-state index is 12.1. The largest absolute Gasteiger partial charge is 0.433 e. The average molecular weight is 407 g/mol. The summed E-state index contributed by atoms with van der Waals surface area (Å²) < 4.78 is 11.8. The zero-order chi connectivity index (χ0) is 21.4. The van der Waals surface area contributed by atoms with Gasteiger partial charge in [-0.05, 0) is 74.7 Å². The molecule has 0 aromatic heterocycles. The Morgan fingerprint density at radius 1 is 1.21 bits per heavy atom. The monoisotopic (exact) mass is 406 g/mol. The fourth-order valence-corrected chi connectivity index (χ4v) is 6.66. The zero-order valence-corrected chi connectivity index (χ0v) is 18.6. The number of hydrogen-bond donors (Lipinski definition) is 1. The van der Waals surface area contributed by atoms with E-state index in [9.17, 15) is 14.7 Å². The first kappa shape index (κ1) is 22.5. The standard InChI is InChI=1S/C24H38O5/c1-15-6-8-19(27)9-7-16(2)20-10-12-23(5)22(21(20)14-15)11-13-24(23,28-17(3)25)29-18(4)26/h6,8,15-17,20-22,25H,7,9-14H2,1-5H3/b8-6+/t15-,16+,17?,20-,21-,22+,23+,24+/m1/s1. The number of allylic oxidation sites excluding steroid dienone is 2. The molecule has 0 aromatic carbocycles. The molecule has 1 N–H and O–H groups in total. The molecule has 2 saturated carbocycles. The molecule has 0 amide bonds. The fraction of sp³-hybridized carbons (Fsp3) is 0.833. The lowest BCUT2D eigenvalue weighted by molar-refractivity contribution is -0.327. The lowest BCUT2D eigenvalue weighted by Gasteiger charge is -2.53. The summed E-state index contributed by atoms with van der Waals surface area (Å²) in [6.45, 7) is 9.69. The molecule has 0 aromatic rings. The Morgan fingerprint density at radius 3 is 2.59 bits per heavy atom.